The highest BCUT2D eigenvalue weighted by Gasteiger charge is 2.20. The highest BCUT2D eigenvalue weighted by Crippen LogP contribution is 2.19. The number of thiol groups is 1. The van der Waals surface area contributed by atoms with E-state index in [1.807, 2.05) is 31.2 Å². The SMILES string of the molecule is C/C=C\C(COc1ccccc1C)=C(/S)C(=O)C(=O)OC. The van der Waals surface area contributed by atoms with Gasteiger partial charge in [0.25, 0.3) is 5.78 Å². The molecule has 0 radical (unpaired) electrons. The molecule has 5 heteroatoms. The minimum atomic E-state index is -0.946. The Labute approximate surface area is 129 Å². The molecule has 0 spiro atoms. The Morgan fingerprint density at radius 1 is 1.29 bits per heavy atom. The zero-order valence-electron chi connectivity index (χ0n) is 12.3. The van der Waals surface area contributed by atoms with Crippen molar-refractivity contribution in [2.75, 3.05) is 13.7 Å². The number of ketones is 1. The lowest BCUT2D eigenvalue weighted by Crippen LogP contribution is -2.18. The second-order valence-corrected chi connectivity index (χ2v) is 4.70. The van der Waals surface area contributed by atoms with Crippen LogP contribution < -0.4 is 4.74 Å². The van der Waals surface area contributed by atoms with E-state index >= 15 is 0 Å². The molecule has 0 saturated carbocycles. The summed E-state index contributed by atoms with van der Waals surface area (Å²) in [6.45, 7) is 3.86. The van der Waals surface area contributed by atoms with E-state index in [1.54, 1.807) is 19.1 Å². The summed E-state index contributed by atoms with van der Waals surface area (Å²) in [5.41, 5.74) is 1.50. The number of carbonyl (C=O) groups excluding carboxylic acids is 2. The van der Waals surface area contributed by atoms with Crippen molar-refractivity contribution in [3.8, 4) is 5.75 Å². The van der Waals surface area contributed by atoms with Crippen LogP contribution in [0.3, 0.4) is 0 Å². The fourth-order valence-corrected chi connectivity index (χ4v) is 1.84. The second-order valence-electron chi connectivity index (χ2n) is 4.25. The Morgan fingerprint density at radius 3 is 2.52 bits per heavy atom. The molecule has 0 bridgehead atoms. The number of methoxy groups -OCH3 is 1. The van der Waals surface area contributed by atoms with Crippen LogP contribution in [0.1, 0.15) is 12.5 Å². The van der Waals surface area contributed by atoms with Crippen LogP contribution in [-0.2, 0) is 14.3 Å². The standard InChI is InChI=1S/C16H18O4S/c1-4-7-12(15(21)14(17)16(18)19-3)10-20-13-9-6-5-8-11(13)2/h4-9,21H,10H2,1-3H3/b7-4-,15-12+. The van der Waals surface area contributed by atoms with Crippen LogP contribution in [0, 0.1) is 6.92 Å². The first kappa shape index (κ1) is 17.0. The number of aryl methyl sites for hydroxylation is 1. The molecule has 1 aromatic rings. The van der Waals surface area contributed by atoms with Gasteiger partial charge in [-0.05, 0) is 25.5 Å². The number of esters is 1. The average Bonchev–Trinajstić information content (AvgIpc) is 2.50. The second kappa shape index (κ2) is 8.32. The van der Waals surface area contributed by atoms with Gasteiger partial charge in [0, 0.05) is 5.57 Å². The first-order valence-corrected chi connectivity index (χ1v) is 6.81. The Morgan fingerprint density at radius 2 is 1.95 bits per heavy atom. The van der Waals surface area contributed by atoms with E-state index in [-0.39, 0.29) is 11.5 Å². The van der Waals surface area contributed by atoms with Crippen molar-refractivity contribution in [2.45, 2.75) is 13.8 Å². The van der Waals surface area contributed by atoms with E-state index in [0.717, 1.165) is 12.7 Å². The lowest BCUT2D eigenvalue weighted by atomic mass is 10.2. The molecule has 0 atom stereocenters. The smallest absolute Gasteiger partial charge is 0.379 e. The van der Waals surface area contributed by atoms with Gasteiger partial charge in [-0.2, -0.15) is 0 Å². The van der Waals surface area contributed by atoms with E-state index in [1.165, 1.54) is 0 Å². The molecule has 112 valence electrons. The summed E-state index contributed by atoms with van der Waals surface area (Å²) in [5, 5.41) is 0. The maximum Gasteiger partial charge on any atom is 0.379 e. The van der Waals surface area contributed by atoms with Gasteiger partial charge < -0.3 is 9.47 Å². The third-order valence-electron chi connectivity index (χ3n) is 2.73. The molecular weight excluding hydrogens is 288 g/mol. The van der Waals surface area contributed by atoms with Crippen molar-refractivity contribution in [3.63, 3.8) is 0 Å². The summed E-state index contributed by atoms with van der Waals surface area (Å²) in [4.78, 5) is 23.1. The highest BCUT2D eigenvalue weighted by molar-refractivity contribution is 7.85. The number of hydrogen-bond donors (Lipinski definition) is 1. The predicted octanol–water partition coefficient (Wildman–Crippen LogP) is 2.88. The van der Waals surface area contributed by atoms with Gasteiger partial charge in [0.1, 0.15) is 12.4 Å². The maximum atomic E-state index is 11.8. The Hall–Kier alpha value is -2.01. The van der Waals surface area contributed by atoms with Crippen molar-refractivity contribution in [3.05, 3.63) is 52.5 Å². The van der Waals surface area contributed by atoms with Crippen molar-refractivity contribution in [1.29, 1.82) is 0 Å². The molecule has 0 aromatic heterocycles. The molecule has 1 aromatic carbocycles. The maximum absolute atomic E-state index is 11.8. The van der Waals surface area contributed by atoms with Crippen LogP contribution >= 0.6 is 12.6 Å². The van der Waals surface area contributed by atoms with Gasteiger partial charge in [-0.25, -0.2) is 4.79 Å². The van der Waals surface area contributed by atoms with Crippen LogP contribution in [0.15, 0.2) is 46.9 Å². The van der Waals surface area contributed by atoms with E-state index in [9.17, 15) is 9.59 Å². The van der Waals surface area contributed by atoms with E-state index in [4.69, 9.17) is 4.74 Å². The van der Waals surface area contributed by atoms with Crippen molar-refractivity contribution >= 4 is 24.4 Å². The fourth-order valence-electron chi connectivity index (χ4n) is 1.61. The minimum Gasteiger partial charge on any atom is -0.489 e. The molecule has 0 fully saturated rings. The number of benzene rings is 1. The zero-order valence-corrected chi connectivity index (χ0v) is 13.1. The molecule has 0 N–H and O–H groups in total. The Kier molecular flexibility index (Phi) is 6.75. The van der Waals surface area contributed by atoms with Gasteiger partial charge in [0.2, 0.25) is 0 Å². The summed E-state index contributed by atoms with van der Waals surface area (Å²) < 4.78 is 10.1. The largest absolute Gasteiger partial charge is 0.489 e. The summed E-state index contributed by atoms with van der Waals surface area (Å²) in [6, 6.07) is 7.54. The van der Waals surface area contributed by atoms with Crippen LogP contribution in [0.25, 0.3) is 0 Å². The quantitative estimate of drug-likeness (QED) is 0.289. The van der Waals surface area contributed by atoms with E-state index < -0.39 is 11.8 Å². The van der Waals surface area contributed by atoms with E-state index in [0.29, 0.717) is 11.3 Å². The number of hydrogen-bond acceptors (Lipinski definition) is 5. The molecule has 0 aliphatic rings. The average molecular weight is 306 g/mol. The van der Waals surface area contributed by atoms with Gasteiger partial charge >= 0.3 is 5.97 Å². The first-order chi connectivity index (χ1) is 10.0. The van der Waals surface area contributed by atoms with Gasteiger partial charge in [-0.3, -0.25) is 4.79 Å². The van der Waals surface area contributed by atoms with Crippen molar-refractivity contribution in [1.82, 2.24) is 0 Å². The van der Waals surface area contributed by atoms with Gasteiger partial charge in [-0.1, -0.05) is 30.4 Å². The number of para-hydroxylation sites is 1. The summed E-state index contributed by atoms with van der Waals surface area (Å²) in [6.07, 6.45) is 3.43. The third-order valence-corrected chi connectivity index (χ3v) is 3.22. The molecule has 21 heavy (non-hydrogen) atoms. The normalized spacial score (nSPS) is 12.0. The van der Waals surface area contributed by atoms with Crippen molar-refractivity contribution < 1.29 is 19.1 Å². The van der Waals surface area contributed by atoms with Crippen LogP contribution in [0.2, 0.25) is 0 Å². The van der Waals surface area contributed by atoms with Gasteiger partial charge in [0.05, 0.1) is 12.0 Å². The summed E-state index contributed by atoms with van der Waals surface area (Å²) in [5.74, 6) is -1.02. The lowest BCUT2D eigenvalue weighted by molar-refractivity contribution is -0.149. The van der Waals surface area contributed by atoms with E-state index in [2.05, 4.69) is 17.4 Å². The monoisotopic (exact) mass is 306 g/mol. The Bertz CT molecular complexity index is 588. The van der Waals surface area contributed by atoms with Crippen molar-refractivity contribution in [2.24, 2.45) is 0 Å². The van der Waals surface area contributed by atoms with Gasteiger partial charge in [-0.15, -0.1) is 12.6 Å². The van der Waals surface area contributed by atoms with Gasteiger partial charge in [0.15, 0.2) is 0 Å². The fraction of sp³-hybridized carbons (Fsp3) is 0.250. The molecule has 0 amide bonds. The predicted molar refractivity (Wildman–Crippen MR) is 84.5 cm³/mol. The van der Waals surface area contributed by atoms with Crippen LogP contribution in [0.4, 0.5) is 0 Å². The summed E-state index contributed by atoms with van der Waals surface area (Å²) >= 11 is 4.12. The van der Waals surface area contributed by atoms with Crippen LogP contribution in [0.5, 0.6) is 5.75 Å². The summed E-state index contributed by atoms with van der Waals surface area (Å²) in [7, 11) is 1.15. The topological polar surface area (TPSA) is 52.6 Å². The number of ether oxygens (including phenoxy) is 2. The third kappa shape index (κ3) is 4.79. The lowest BCUT2D eigenvalue weighted by Gasteiger charge is -2.11. The molecule has 1 rings (SSSR count). The molecule has 0 aliphatic carbocycles. The minimum absolute atomic E-state index is 0.0218. The number of carbonyl (C=O) groups is 2. The van der Waals surface area contributed by atoms with Crippen LogP contribution in [-0.4, -0.2) is 25.5 Å². The molecule has 4 nitrogen and oxygen atoms in total. The molecule has 0 aliphatic heterocycles. The zero-order chi connectivity index (χ0) is 15.8. The number of allylic oxidation sites excluding steroid dienone is 1. The Balaban J connectivity index is 2.95. The number of rotatable bonds is 6. The molecule has 0 saturated heterocycles. The molecule has 0 heterocycles. The first-order valence-electron chi connectivity index (χ1n) is 6.37. The molecule has 0 unspecified atom stereocenters. The highest BCUT2D eigenvalue weighted by atomic mass is 32.1. The molecular formula is C16H18O4S. The number of Topliss-reactive ketones (excluding diaryl/α,β-unsaturated/α-hetero) is 1.